The van der Waals surface area contributed by atoms with Gasteiger partial charge in [0.1, 0.15) is 0 Å². The van der Waals surface area contributed by atoms with Crippen molar-refractivity contribution in [3.05, 3.63) is 212 Å². The van der Waals surface area contributed by atoms with Crippen LogP contribution in [0, 0.1) is 0 Å². The number of fused-ring (bicyclic) bond motifs is 9. The van der Waals surface area contributed by atoms with E-state index >= 15 is 4.57 Å². The lowest BCUT2D eigenvalue weighted by atomic mass is 9.79. The molecule has 0 heterocycles. The summed E-state index contributed by atoms with van der Waals surface area (Å²) in [5.74, 6) is 0. The van der Waals surface area contributed by atoms with Crippen LogP contribution in [0.25, 0.3) is 86.9 Å². The Hall–Kier alpha value is -6.79. The summed E-state index contributed by atoms with van der Waals surface area (Å²) < 4.78 is 16.4. The molecule has 0 radical (unpaired) electrons. The smallest absolute Gasteiger partial charge is 0.172 e. The summed E-state index contributed by atoms with van der Waals surface area (Å²) in [6.07, 6.45) is 0. The second-order valence-corrected chi connectivity index (χ2v) is 17.3. The molecule has 0 N–H and O–H groups in total. The van der Waals surface area contributed by atoms with Crippen LogP contribution in [-0.2, 0) is 4.57 Å². The Labute approximate surface area is 325 Å². The Bertz CT molecular complexity index is 3270. The molecule has 0 aliphatic heterocycles. The first-order valence-corrected chi connectivity index (χ1v) is 20.9. The van der Waals surface area contributed by atoms with Gasteiger partial charge in [-0.1, -0.05) is 212 Å². The third kappa shape index (κ3) is 4.72. The van der Waals surface area contributed by atoms with Gasteiger partial charge in [0.05, 0.1) is 0 Å². The summed E-state index contributed by atoms with van der Waals surface area (Å²) in [6.45, 7) is 0. The van der Waals surface area contributed by atoms with Crippen LogP contribution in [0.3, 0.4) is 0 Å². The quantitative estimate of drug-likeness (QED) is 0.0979. The van der Waals surface area contributed by atoms with E-state index in [1.807, 2.05) is 60.7 Å². The van der Waals surface area contributed by atoms with Gasteiger partial charge in [-0.05, 0) is 86.9 Å². The highest BCUT2D eigenvalue weighted by Gasteiger charge is 2.35. The first-order chi connectivity index (χ1) is 27.7. The summed E-state index contributed by atoms with van der Waals surface area (Å²) in [5, 5.41) is 16.5. The van der Waals surface area contributed by atoms with Crippen molar-refractivity contribution in [1.29, 1.82) is 0 Å². The first-order valence-electron chi connectivity index (χ1n) is 19.2. The van der Waals surface area contributed by atoms with E-state index in [0.717, 1.165) is 43.0 Å². The zero-order valence-electron chi connectivity index (χ0n) is 30.6. The molecular weight excluding hydrogens is 696 g/mol. The van der Waals surface area contributed by atoms with Gasteiger partial charge < -0.3 is 4.57 Å². The number of rotatable bonds is 5. The van der Waals surface area contributed by atoms with Gasteiger partial charge in [0.2, 0.25) is 0 Å². The maximum atomic E-state index is 16.4. The zero-order chi connectivity index (χ0) is 37.2. The lowest BCUT2D eigenvalue weighted by molar-refractivity contribution is 0.593. The number of hydrogen-bond acceptors (Lipinski definition) is 1. The third-order valence-electron chi connectivity index (χ3n) is 11.7. The highest BCUT2D eigenvalue weighted by atomic mass is 31.2. The summed E-state index contributed by atoms with van der Waals surface area (Å²) in [6, 6.07) is 75.1. The van der Waals surface area contributed by atoms with Crippen LogP contribution in [0.1, 0.15) is 0 Å². The molecule has 1 nitrogen and oxygen atoms in total. The van der Waals surface area contributed by atoms with Gasteiger partial charge in [0, 0.05) is 15.9 Å². The molecule has 0 aromatic heterocycles. The van der Waals surface area contributed by atoms with Gasteiger partial charge in [-0.2, -0.15) is 0 Å². The molecule has 11 aromatic rings. The Kier molecular flexibility index (Phi) is 7.52. The normalized spacial score (nSPS) is 12.0. The third-order valence-corrected chi connectivity index (χ3v) is 14.8. The molecule has 11 aromatic carbocycles. The molecule has 0 unspecified atom stereocenters. The lowest BCUT2D eigenvalue weighted by Crippen LogP contribution is -2.26. The summed E-state index contributed by atoms with van der Waals surface area (Å²) in [7, 11) is -3.39. The number of benzene rings is 11. The van der Waals surface area contributed by atoms with Gasteiger partial charge in [0.25, 0.3) is 0 Å². The van der Waals surface area contributed by atoms with Crippen LogP contribution in [0.4, 0.5) is 0 Å². The minimum absolute atomic E-state index is 0.829. The van der Waals surface area contributed by atoms with Crippen LogP contribution in [0.2, 0.25) is 0 Å². The van der Waals surface area contributed by atoms with Crippen LogP contribution in [-0.4, -0.2) is 0 Å². The molecule has 0 amide bonds. The molecule has 0 spiro atoms. The van der Waals surface area contributed by atoms with Crippen molar-refractivity contribution >= 4 is 87.7 Å². The minimum Gasteiger partial charge on any atom is -0.309 e. The molecule has 0 aliphatic rings. The van der Waals surface area contributed by atoms with Crippen molar-refractivity contribution in [1.82, 2.24) is 0 Å². The molecule has 0 aliphatic carbocycles. The molecular formula is C54H35OP. The monoisotopic (exact) mass is 730 g/mol. The van der Waals surface area contributed by atoms with Crippen LogP contribution >= 0.6 is 7.14 Å². The Morgan fingerprint density at radius 1 is 0.250 bits per heavy atom. The fourth-order valence-electron chi connectivity index (χ4n) is 9.41. The van der Waals surface area contributed by atoms with Crippen molar-refractivity contribution < 1.29 is 4.57 Å². The van der Waals surface area contributed by atoms with E-state index in [4.69, 9.17) is 0 Å². The fraction of sp³-hybridized carbons (Fsp3) is 0. The van der Waals surface area contributed by atoms with Crippen molar-refractivity contribution in [3.8, 4) is 22.3 Å². The van der Waals surface area contributed by atoms with Crippen LogP contribution < -0.4 is 15.9 Å². The Balaban J connectivity index is 1.42. The molecule has 0 saturated carbocycles. The second-order valence-electron chi connectivity index (χ2n) is 14.6. The van der Waals surface area contributed by atoms with Crippen molar-refractivity contribution in [3.63, 3.8) is 0 Å². The maximum Gasteiger partial charge on any atom is 0.172 e. The molecule has 56 heavy (non-hydrogen) atoms. The zero-order valence-corrected chi connectivity index (χ0v) is 31.5. The Morgan fingerprint density at radius 2 is 0.554 bits per heavy atom. The van der Waals surface area contributed by atoms with E-state index in [0.29, 0.717) is 0 Å². The lowest BCUT2D eigenvalue weighted by Gasteiger charge is -2.27. The summed E-state index contributed by atoms with van der Waals surface area (Å²) in [4.78, 5) is 0. The van der Waals surface area contributed by atoms with E-state index in [1.165, 1.54) is 59.8 Å². The van der Waals surface area contributed by atoms with E-state index in [9.17, 15) is 0 Å². The van der Waals surface area contributed by atoms with Crippen LogP contribution in [0.5, 0.6) is 0 Å². The SMILES string of the molecule is O=P(c1ccccc1)(c1ccccc1)c1c2ccccc2c(-c2c3ccccc3c(-c3ccccc3)c3c4ccccc4c4ccccc4c23)c2ccccc12. The topological polar surface area (TPSA) is 17.1 Å². The van der Waals surface area contributed by atoms with E-state index < -0.39 is 7.14 Å². The standard InChI is InChI=1S/C54H35OP/c55-56(37-22-6-2-7-23-37,38-24-8-3-9-25-38)54-47-34-18-16-32-45(47)50(46-33-17-19-35-48(46)54)52-44-31-15-14-30-43(44)49(36-20-4-1-5-21-36)51-41-28-12-10-26-39(41)40-27-11-13-29-42(40)53(51)52/h1-35H. The van der Waals surface area contributed by atoms with E-state index in [2.05, 4.69) is 152 Å². The van der Waals surface area contributed by atoms with Crippen molar-refractivity contribution in [2.45, 2.75) is 0 Å². The first kappa shape index (κ1) is 32.6. The van der Waals surface area contributed by atoms with E-state index in [-0.39, 0.29) is 0 Å². The maximum absolute atomic E-state index is 16.4. The predicted octanol–water partition coefficient (Wildman–Crippen LogP) is 13.6. The van der Waals surface area contributed by atoms with Gasteiger partial charge in [-0.25, -0.2) is 0 Å². The van der Waals surface area contributed by atoms with Gasteiger partial charge in [-0.15, -0.1) is 0 Å². The van der Waals surface area contributed by atoms with Gasteiger partial charge in [0.15, 0.2) is 7.14 Å². The van der Waals surface area contributed by atoms with Crippen molar-refractivity contribution in [2.24, 2.45) is 0 Å². The van der Waals surface area contributed by atoms with Gasteiger partial charge >= 0.3 is 0 Å². The minimum atomic E-state index is -3.39. The average molecular weight is 731 g/mol. The molecule has 11 rings (SSSR count). The van der Waals surface area contributed by atoms with E-state index in [1.54, 1.807) is 0 Å². The molecule has 0 bridgehead atoms. The molecule has 0 saturated heterocycles. The highest BCUT2D eigenvalue weighted by Crippen LogP contribution is 2.54. The average Bonchev–Trinajstić information content (AvgIpc) is 3.28. The Morgan fingerprint density at radius 3 is 1.00 bits per heavy atom. The molecule has 0 atom stereocenters. The highest BCUT2D eigenvalue weighted by molar-refractivity contribution is 7.86. The molecule has 0 fully saturated rings. The van der Waals surface area contributed by atoms with Crippen molar-refractivity contribution in [2.75, 3.05) is 0 Å². The second kappa shape index (κ2) is 12.9. The fourth-order valence-corrected chi connectivity index (χ4v) is 12.5. The van der Waals surface area contributed by atoms with Gasteiger partial charge in [-0.3, -0.25) is 0 Å². The van der Waals surface area contributed by atoms with Crippen LogP contribution in [0.15, 0.2) is 212 Å². The molecule has 262 valence electrons. The summed E-state index contributed by atoms with van der Waals surface area (Å²) in [5.41, 5.74) is 4.79. The summed E-state index contributed by atoms with van der Waals surface area (Å²) >= 11 is 0. The number of hydrogen-bond donors (Lipinski definition) is 0. The predicted molar refractivity (Wildman–Crippen MR) is 242 cm³/mol. The molecule has 2 heteroatoms. The largest absolute Gasteiger partial charge is 0.309 e.